The fourth-order valence-corrected chi connectivity index (χ4v) is 3.00. The van der Waals surface area contributed by atoms with E-state index in [0.29, 0.717) is 31.5 Å². The third-order valence-electron chi connectivity index (χ3n) is 4.98. The lowest BCUT2D eigenvalue weighted by Gasteiger charge is -2.34. The fourth-order valence-electron chi connectivity index (χ4n) is 3.00. The molecule has 1 aromatic rings. The van der Waals surface area contributed by atoms with Gasteiger partial charge in [-0.05, 0) is 45.4 Å². The van der Waals surface area contributed by atoms with Crippen LogP contribution in [-0.4, -0.2) is 71.5 Å². The second kappa shape index (κ2) is 10.3. The molecule has 0 saturated carbocycles. The number of carboxylic acids is 1. The third kappa shape index (κ3) is 6.22. The molecule has 1 heterocycles. The van der Waals surface area contributed by atoms with E-state index < -0.39 is 12.0 Å². The number of hydrogen-bond donors (Lipinski definition) is 2. The van der Waals surface area contributed by atoms with Crippen molar-refractivity contribution in [3.8, 4) is 0 Å². The normalized spacial score (nSPS) is 15.8. The number of piperidine rings is 1. The standard InChI is InChI=1S/C19H27N3O4.ClH/c1-13-6-4-5-7-16(13)18(24)20-15-8-10-22(11-9-15)17(23)12-21(3)14(2)19(25)26;/h4-7,14-15H,8-12H2,1-3H3,(H,20,24)(H,25,26);1H. The Morgan fingerprint density at radius 3 is 2.41 bits per heavy atom. The van der Waals surface area contributed by atoms with Crippen molar-refractivity contribution in [2.24, 2.45) is 0 Å². The molecule has 1 aliphatic heterocycles. The van der Waals surface area contributed by atoms with Crippen LogP contribution in [0.1, 0.15) is 35.7 Å². The van der Waals surface area contributed by atoms with Crippen molar-refractivity contribution in [1.82, 2.24) is 15.1 Å². The highest BCUT2D eigenvalue weighted by atomic mass is 35.5. The summed E-state index contributed by atoms with van der Waals surface area (Å²) < 4.78 is 0. The Labute approximate surface area is 166 Å². The second-order valence-corrected chi connectivity index (χ2v) is 6.87. The number of likely N-dealkylation sites (tertiary alicyclic amines) is 1. The summed E-state index contributed by atoms with van der Waals surface area (Å²) in [6, 6.07) is 6.80. The van der Waals surface area contributed by atoms with Crippen molar-refractivity contribution in [1.29, 1.82) is 0 Å². The SMILES string of the molecule is Cc1ccccc1C(=O)NC1CCN(C(=O)CN(C)C(C)C(=O)O)CC1.Cl. The highest BCUT2D eigenvalue weighted by Crippen LogP contribution is 2.13. The Bertz CT molecular complexity index is 675. The summed E-state index contributed by atoms with van der Waals surface area (Å²) in [5.41, 5.74) is 1.61. The summed E-state index contributed by atoms with van der Waals surface area (Å²) in [7, 11) is 1.63. The van der Waals surface area contributed by atoms with E-state index in [2.05, 4.69) is 5.32 Å². The number of halogens is 1. The third-order valence-corrected chi connectivity index (χ3v) is 4.98. The molecule has 150 valence electrons. The lowest BCUT2D eigenvalue weighted by Crippen LogP contribution is -2.50. The highest BCUT2D eigenvalue weighted by molar-refractivity contribution is 5.95. The Morgan fingerprint density at radius 2 is 1.85 bits per heavy atom. The zero-order valence-corrected chi connectivity index (χ0v) is 16.8. The van der Waals surface area contributed by atoms with Crippen LogP contribution in [0.2, 0.25) is 0 Å². The molecule has 1 unspecified atom stereocenters. The lowest BCUT2D eigenvalue weighted by atomic mass is 10.0. The number of likely N-dealkylation sites (N-methyl/N-ethyl adjacent to an activating group) is 1. The molecule has 2 rings (SSSR count). The molecule has 1 saturated heterocycles. The molecule has 1 aliphatic rings. The molecule has 2 N–H and O–H groups in total. The smallest absolute Gasteiger partial charge is 0.320 e. The number of hydrogen-bond acceptors (Lipinski definition) is 4. The number of nitrogens with one attached hydrogen (secondary N) is 1. The van der Waals surface area contributed by atoms with Crippen molar-refractivity contribution in [2.45, 2.75) is 38.8 Å². The maximum Gasteiger partial charge on any atom is 0.320 e. The Balaban J connectivity index is 0.00000364. The van der Waals surface area contributed by atoms with E-state index in [1.165, 1.54) is 4.90 Å². The predicted octanol–water partition coefficient (Wildman–Crippen LogP) is 1.54. The van der Waals surface area contributed by atoms with Crippen LogP contribution in [0.15, 0.2) is 24.3 Å². The quantitative estimate of drug-likeness (QED) is 0.760. The van der Waals surface area contributed by atoms with E-state index in [4.69, 9.17) is 5.11 Å². The number of rotatable bonds is 6. The number of nitrogens with zero attached hydrogens (tertiary/aromatic N) is 2. The van der Waals surface area contributed by atoms with Crippen molar-refractivity contribution in [3.05, 3.63) is 35.4 Å². The van der Waals surface area contributed by atoms with E-state index in [9.17, 15) is 14.4 Å². The van der Waals surface area contributed by atoms with Crippen molar-refractivity contribution < 1.29 is 19.5 Å². The van der Waals surface area contributed by atoms with Gasteiger partial charge in [0.2, 0.25) is 5.91 Å². The molecular weight excluding hydrogens is 370 g/mol. The molecule has 8 heteroatoms. The number of carbonyl (C=O) groups excluding carboxylic acids is 2. The summed E-state index contributed by atoms with van der Waals surface area (Å²) in [5.74, 6) is -1.11. The van der Waals surface area contributed by atoms with Crippen LogP contribution in [0, 0.1) is 6.92 Å². The first-order valence-electron chi connectivity index (χ1n) is 8.87. The van der Waals surface area contributed by atoms with Gasteiger partial charge in [0.15, 0.2) is 0 Å². The highest BCUT2D eigenvalue weighted by Gasteiger charge is 2.26. The maximum atomic E-state index is 12.4. The molecule has 1 aromatic carbocycles. The Kier molecular flexibility index (Phi) is 8.72. The van der Waals surface area contributed by atoms with Gasteiger partial charge in [-0.3, -0.25) is 19.3 Å². The van der Waals surface area contributed by atoms with Gasteiger partial charge in [-0.1, -0.05) is 18.2 Å². The molecule has 0 bridgehead atoms. The van der Waals surface area contributed by atoms with Crippen LogP contribution < -0.4 is 5.32 Å². The first-order valence-corrected chi connectivity index (χ1v) is 8.87. The van der Waals surface area contributed by atoms with Gasteiger partial charge < -0.3 is 15.3 Å². The second-order valence-electron chi connectivity index (χ2n) is 6.87. The van der Waals surface area contributed by atoms with Crippen LogP contribution in [0.4, 0.5) is 0 Å². The number of benzene rings is 1. The first kappa shape index (κ1) is 22.9. The average molecular weight is 398 g/mol. The Morgan fingerprint density at radius 1 is 1.26 bits per heavy atom. The zero-order chi connectivity index (χ0) is 19.3. The molecule has 7 nitrogen and oxygen atoms in total. The molecule has 0 spiro atoms. The van der Waals surface area contributed by atoms with Gasteiger partial charge in [0.1, 0.15) is 6.04 Å². The molecule has 0 aromatic heterocycles. The van der Waals surface area contributed by atoms with Gasteiger partial charge in [-0.15, -0.1) is 12.4 Å². The van der Waals surface area contributed by atoms with Gasteiger partial charge >= 0.3 is 5.97 Å². The van der Waals surface area contributed by atoms with E-state index >= 15 is 0 Å². The minimum atomic E-state index is -0.946. The van der Waals surface area contributed by atoms with Gasteiger partial charge in [0, 0.05) is 24.7 Å². The number of carbonyl (C=O) groups is 3. The molecule has 1 atom stereocenters. The number of aryl methyl sites for hydroxylation is 1. The van der Waals surface area contributed by atoms with Crippen molar-refractivity contribution in [3.63, 3.8) is 0 Å². The van der Waals surface area contributed by atoms with E-state index in [-0.39, 0.29) is 36.8 Å². The first-order chi connectivity index (χ1) is 12.3. The largest absolute Gasteiger partial charge is 0.480 e. The van der Waals surface area contributed by atoms with Crippen molar-refractivity contribution >= 4 is 30.2 Å². The number of carboxylic acid groups (broad SMARTS) is 1. The van der Waals surface area contributed by atoms with Crippen molar-refractivity contribution in [2.75, 3.05) is 26.7 Å². The summed E-state index contributed by atoms with van der Waals surface area (Å²) in [6.45, 7) is 4.67. The maximum absolute atomic E-state index is 12.4. The summed E-state index contributed by atoms with van der Waals surface area (Å²) in [6.07, 6.45) is 1.39. The van der Waals surface area contributed by atoms with E-state index in [1.807, 2.05) is 31.2 Å². The van der Waals surface area contributed by atoms with E-state index in [0.717, 1.165) is 5.56 Å². The monoisotopic (exact) mass is 397 g/mol. The van der Waals surface area contributed by atoms with Crippen LogP contribution in [-0.2, 0) is 9.59 Å². The lowest BCUT2D eigenvalue weighted by molar-refractivity contribution is -0.143. The van der Waals surface area contributed by atoms with Gasteiger partial charge in [-0.25, -0.2) is 0 Å². The van der Waals surface area contributed by atoms with Gasteiger partial charge in [0.25, 0.3) is 5.91 Å². The van der Waals surface area contributed by atoms with Gasteiger partial charge in [-0.2, -0.15) is 0 Å². The fraction of sp³-hybridized carbons (Fsp3) is 0.526. The molecule has 27 heavy (non-hydrogen) atoms. The zero-order valence-electron chi connectivity index (χ0n) is 16.0. The number of aliphatic carboxylic acids is 1. The number of amides is 2. The van der Waals surface area contributed by atoms with Crippen LogP contribution in [0.3, 0.4) is 0 Å². The molecule has 0 aliphatic carbocycles. The van der Waals surface area contributed by atoms with Crippen LogP contribution >= 0.6 is 12.4 Å². The van der Waals surface area contributed by atoms with E-state index in [1.54, 1.807) is 18.9 Å². The molecule has 0 radical (unpaired) electrons. The molecular formula is C19H28ClN3O4. The topological polar surface area (TPSA) is 90.0 Å². The minimum Gasteiger partial charge on any atom is -0.480 e. The summed E-state index contributed by atoms with van der Waals surface area (Å²) in [4.78, 5) is 39.0. The van der Waals surface area contributed by atoms with Gasteiger partial charge in [0.05, 0.1) is 6.54 Å². The van der Waals surface area contributed by atoms with Crippen LogP contribution in [0.5, 0.6) is 0 Å². The predicted molar refractivity (Wildman–Crippen MR) is 105 cm³/mol. The molecule has 1 fully saturated rings. The molecule has 2 amide bonds. The van der Waals surface area contributed by atoms with Crippen LogP contribution in [0.25, 0.3) is 0 Å². The summed E-state index contributed by atoms with van der Waals surface area (Å²) >= 11 is 0. The summed E-state index contributed by atoms with van der Waals surface area (Å²) in [5, 5.41) is 12.0. The average Bonchev–Trinajstić information content (AvgIpc) is 2.61. The minimum absolute atomic E-state index is 0. The Hall–Kier alpha value is -2.12.